The number of hydrogen-bond acceptors (Lipinski definition) is 15. The van der Waals surface area contributed by atoms with Crippen LogP contribution in [-0.2, 0) is 65.4 Å². The molecule has 0 aromatic carbocycles. The summed E-state index contributed by atoms with van der Waals surface area (Å²) in [5.74, 6) is -1.43. The molecule has 0 saturated heterocycles. The molecule has 0 rings (SSSR count). The number of rotatable bonds is 61. The lowest BCUT2D eigenvalue weighted by molar-refractivity contribution is -0.161. The Balaban J connectivity index is 5.19. The Morgan fingerprint density at radius 1 is 0.350 bits per heavy atom. The van der Waals surface area contributed by atoms with Gasteiger partial charge in [-0.15, -0.1) is 0 Å². The summed E-state index contributed by atoms with van der Waals surface area (Å²) in [5.41, 5.74) is 0. The third kappa shape index (κ3) is 54.0. The fourth-order valence-electron chi connectivity index (χ4n) is 9.02. The Morgan fingerprint density at radius 2 is 0.600 bits per heavy atom. The van der Waals surface area contributed by atoms with Crippen LogP contribution in [0.4, 0.5) is 0 Å². The quantitative estimate of drug-likeness (QED) is 0.0222. The SMILES string of the molecule is CCCCCCCCCCCCCCCC(=O)O[C@H](COC(=O)CCCCCCCCCCCCCC)COP(=O)(O)OC[C@@H](O)COP(=O)(O)OC[C@@H](COC(=O)CCCCCCC)OC(=O)CCCCCCCCC(C)CC. The van der Waals surface area contributed by atoms with Crippen molar-refractivity contribution < 1.29 is 80.2 Å². The van der Waals surface area contributed by atoms with Crippen molar-refractivity contribution in [1.29, 1.82) is 0 Å². The highest BCUT2D eigenvalue weighted by atomic mass is 31.2. The third-order valence-electron chi connectivity index (χ3n) is 14.4. The second-order valence-electron chi connectivity index (χ2n) is 22.3. The molecule has 0 bridgehead atoms. The Labute approximate surface area is 486 Å². The van der Waals surface area contributed by atoms with Crippen LogP contribution < -0.4 is 0 Å². The molecule has 19 heteroatoms. The summed E-state index contributed by atoms with van der Waals surface area (Å²) in [6, 6.07) is 0. The van der Waals surface area contributed by atoms with Gasteiger partial charge in [0, 0.05) is 25.7 Å². The lowest BCUT2D eigenvalue weighted by Gasteiger charge is -2.21. The van der Waals surface area contributed by atoms with E-state index < -0.39 is 97.5 Å². The number of aliphatic hydroxyl groups excluding tert-OH is 1. The van der Waals surface area contributed by atoms with E-state index >= 15 is 0 Å². The minimum atomic E-state index is -4.94. The molecule has 3 N–H and O–H groups in total. The van der Waals surface area contributed by atoms with E-state index in [1.165, 1.54) is 122 Å². The van der Waals surface area contributed by atoms with E-state index in [0.717, 1.165) is 102 Å². The number of hydrogen-bond donors (Lipinski definition) is 3. The maximum absolute atomic E-state index is 12.9. The highest BCUT2D eigenvalue weighted by molar-refractivity contribution is 7.47. The third-order valence-corrected chi connectivity index (χ3v) is 16.3. The van der Waals surface area contributed by atoms with Gasteiger partial charge in [0.2, 0.25) is 0 Å². The van der Waals surface area contributed by atoms with E-state index in [2.05, 4.69) is 34.6 Å². The van der Waals surface area contributed by atoms with E-state index in [4.69, 9.17) is 37.0 Å². The van der Waals surface area contributed by atoms with Crippen molar-refractivity contribution in [3.05, 3.63) is 0 Å². The van der Waals surface area contributed by atoms with E-state index in [-0.39, 0.29) is 25.7 Å². The van der Waals surface area contributed by atoms with Gasteiger partial charge in [-0.1, -0.05) is 253 Å². The average Bonchev–Trinajstić information content (AvgIpc) is 3.43. The van der Waals surface area contributed by atoms with Crippen LogP contribution in [0.2, 0.25) is 0 Å². The van der Waals surface area contributed by atoms with Crippen LogP contribution in [0.5, 0.6) is 0 Å². The molecule has 0 spiro atoms. The summed E-state index contributed by atoms with van der Waals surface area (Å²) >= 11 is 0. The number of esters is 4. The van der Waals surface area contributed by atoms with Crippen LogP contribution in [-0.4, -0.2) is 96.7 Å². The molecule has 6 atom stereocenters. The summed E-state index contributed by atoms with van der Waals surface area (Å²) < 4.78 is 67.7. The molecular formula is C61H118O17P2. The molecule has 0 fully saturated rings. The molecule has 0 heterocycles. The van der Waals surface area contributed by atoms with Crippen molar-refractivity contribution >= 4 is 39.5 Å². The molecule has 17 nitrogen and oxygen atoms in total. The van der Waals surface area contributed by atoms with Gasteiger partial charge in [-0.05, 0) is 31.6 Å². The monoisotopic (exact) mass is 1180 g/mol. The Bertz CT molecular complexity index is 1570. The van der Waals surface area contributed by atoms with Crippen LogP contribution in [0.25, 0.3) is 0 Å². The van der Waals surface area contributed by atoms with Crippen molar-refractivity contribution in [1.82, 2.24) is 0 Å². The zero-order chi connectivity index (χ0) is 59.2. The summed E-state index contributed by atoms with van der Waals surface area (Å²) in [4.78, 5) is 71.8. The summed E-state index contributed by atoms with van der Waals surface area (Å²) in [6.45, 7) is 7.04. The van der Waals surface area contributed by atoms with E-state index in [9.17, 15) is 43.2 Å². The van der Waals surface area contributed by atoms with Crippen LogP contribution >= 0.6 is 15.6 Å². The summed E-state index contributed by atoms with van der Waals surface area (Å²) in [5, 5.41) is 10.5. The first-order chi connectivity index (χ1) is 38.6. The summed E-state index contributed by atoms with van der Waals surface area (Å²) in [6.07, 6.45) is 37.9. The number of carbonyl (C=O) groups is 4. The average molecular weight is 1190 g/mol. The predicted molar refractivity (Wildman–Crippen MR) is 317 cm³/mol. The first-order valence-corrected chi connectivity index (χ1v) is 35.2. The molecule has 0 aromatic rings. The van der Waals surface area contributed by atoms with Crippen LogP contribution in [0.3, 0.4) is 0 Å². The van der Waals surface area contributed by atoms with Gasteiger partial charge in [-0.3, -0.25) is 37.3 Å². The van der Waals surface area contributed by atoms with Gasteiger partial charge in [0.15, 0.2) is 12.2 Å². The Kier molecular flexibility index (Phi) is 53.6. The molecule has 0 saturated carbocycles. The van der Waals surface area contributed by atoms with Crippen LogP contribution in [0.15, 0.2) is 0 Å². The lowest BCUT2D eigenvalue weighted by atomic mass is 10.00. The maximum Gasteiger partial charge on any atom is 0.472 e. The van der Waals surface area contributed by atoms with Crippen LogP contribution in [0.1, 0.15) is 304 Å². The van der Waals surface area contributed by atoms with Gasteiger partial charge in [-0.25, -0.2) is 9.13 Å². The molecular weight excluding hydrogens is 1070 g/mol. The highest BCUT2D eigenvalue weighted by Gasteiger charge is 2.30. The fourth-order valence-corrected chi connectivity index (χ4v) is 10.6. The topological polar surface area (TPSA) is 237 Å². The van der Waals surface area contributed by atoms with Gasteiger partial charge < -0.3 is 33.8 Å². The zero-order valence-electron chi connectivity index (χ0n) is 51.2. The second kappa shape index (κ2) is 55.0. The lowest BCUT2D eigenvalue weighted by Crippen LogP contribution is -2.30. The maximum atomic E-state index is 12.9. The smallest absolute Gasteiger partial charge is 0.462 e. The Hall–Kier alpha value is -1.94. The summed E-state index contributed by atoms with van der Waals surface area (Å²) in [7, 11) is -9.87. The molecule has 0 amide bonds. The molecule has 474 valence electrons. The number of carbonyl (C=O) groups excluding carboxylic acids is 4. The van der Waals surface area contributed by atoms with Gasteiger partial charge in [0.05, 0.1) is 26.4 Å². The largest absolute Gasteiger partial charge is 0.472 e. The number of phosphoric ester groups is 2. The van der Waals surface area contributed by atoms with Crippen molar-refractivity contribution in [3.63, 3.8) is 0 Å². The van der Waals surface area contributed by atoms with Gasteiger partial charge >= 0.3 is 39.5 Å². The molecule has 0 aliphatic carbocycles. The number of unbranched alkanes of at least 4 members (excludes halogenated alkanes) is 32. The van der Waals surface area contributed by atoms with E-state index in [0.29, 0.717) is 25.7 Å². The molecule has 80 heavy (non-hydrogen) atoms. The zero-order valence-corrected chi connectivity index (χ0v) is 53.0. The fraction of sp³-hybridized carbons (Fsp3) is 0.934. The van der Waals surface area contributed by atoms with Crippen LogP contribution in [0, 0.1) is 5.92 Å². The minimum absolute atomic E-state index is 0.102. The number of ether oxygens (including phenoxy) is 4. The Morgan fingerprint density at radius 3 is 0.887 bits per heavy atom. The van der Waals surface area contributed by atoms with E-state index in [1.807, 2.05) is 0 Å². The van der Waals surface area contributed by atoms with Crippen molar-refractivity contribution in [2.45, 2.75) is 323 Å². The molecule has 0 aliphatic heterocycles. The first-order valence-electron chi connectivity index (χ1n) is 32.2. The highest BCUT2D eigenvalue weighted by Crippen LogP contribution is 2.45. The molecule has 0 aliphatic rings. The predicted octanol–water partition coefficient (Wildman–Crippen LogP) is 16.6. The first kappa shape index (κ1) is 78.1. The molecule has 3 unspecified atom stereocenters. The van der Waals surface area contributed by atoms with Crippen molar-refractivity contribution in [3.8, 4) is 0 Å². The van der Waals surface area contributed by atoms with Crippen molar-refractivity contribution in [2.75, 3.05) is 39.6 Å². The van der Waals surface area contributed by atoms with Gasteiger partial charge in [0.25, 0.3) is 0 Å². The molecule has 0 aromatic heterocycles. The molecule has 0 radical (unpaired) electrons. The van der Waals surface area contributed by atoms with Gasteiger partial charge in [-0.2, -0.15) is 0 Å². The van der Waals surface area contributed by atoms with Gasteiger partial charge in [0.1, 0.15) is 19.3 Å². The number of phosphoric acid groups is 2. The number of aliphatic hydroxyl groups is 1. The minimum Gasteiger partial charge on any atom is -0.462 e. The van der Waals surface area contributed by atoms with E-state index in [1.54, 1.807) is 0 Å². The normalized spacial score (nSPS) is 14.7. The second-order valence-corrected chi connectivity index (χ2v) is 25.2. The standard InChI is InChI=1S/C61H118O17P2/c1-6-10-13-16-18-20-22-24-26-28-30-36-41-46-60(65)77-57(51-72-59(64)45-40-35-29-27-25-23-21-19-17-14-11-7-2)53-76-80(69,70)74-49-55(62)48-73-79(67,68)75-52-56(50-71-58(63)44-39-33-15-12-8-3)78-61(66)47-42-37-32-31-34-38-43-54(5)9-4/h54-57,62H,6-53H2,1-5H3,(H,67,68)(H,69,70)/t54?,55-,56+,57+/m0/s1. The van der Waals surface area contributed by atoms with Crippen molar-refractivity contribution in [2.24, 2.45) is 5.92 Å².